The molecule has 0 amide bonds. The molecule has 0 aromatic carbocycles. The first-order valence-corrected chi connectivity index (χ1v) is 4.80. The van der Waals surface area contributed by atoms with E-state index in [1.165, 1.54) is 17.5 Å². The lowest BCUT2D eigenvalue weighted by molar-refractivity contribution is 0.0699. The van der Waals surface area contributed by atoms with E-state index in [1.807, 2.05) is 0 Å². The van der Waals surface area contributed by atoms with Crippen LogP contribution in [-0.4, -0.2) is 21.2 Å². The third-order valence-corrected chi connectivity index (χ3v) is 2.80. The zero-order valence-corrected chi connectivity index (χ0v) is 7.91. The highest BCUT2D eigenvalue weighted by molar-refractivity contribution is 7.17. The van der Waals surface area contributed by atoms with Crippen molar-refractivity contribution in [1.29, 1.82) is 0 Å². The molecule has 2 heterocycles. The first-order chi connectivity index (χ1) is 6.72. The highest BCUT2D eigenvalue weighted by Crippen LogP contribution is 2.24. The lowest BCUT2D eigenvalue weighted by Crippen LogP contribution is -1.95. The van der Waals surface area contributed by atoms with E-state index in [9.17, 15) is 4.79 Å². The van der Waals surface area contributed by atoms with Gasteiger partial charge in [-0.1, -0.05) is 0 Å². The summed E-state index contributed by atoms with van der Waals surface area (Å²) in [5.41, 5.74) is 1.39. The molecule has 72 valence electrons. The Balaban J connectivity index is 2.65. The van der Waals surface area contributed by atoms with E-state index in [2.05, 4.69) is 4.98 Å². The lowest BCUT2D eigenvalue weighted by atomic mass is 10.2. The van der Waals surface area contributed by atoms with Gasteiger partial charge in [-0.15, -0.1) is 11.3 Å². The summed E-state index contributed by atoms with van der Waals surface area (Å²) in [6.45, 7) is -0.0801. The molecule has 0 saturated heterocycles. The minimum Gasteiger partial charge on any atom is -0.478 e. The maximum Gasteiger partial charge on any atom is 0.338 e. The number of carboxylic acids is 1. The molecule has 0 aliphatic rings. The highest BCUT2D eigenvalue weighted by Gasteiger charge is 2.11. The molecule has 14 heavy (non-hydrogen) atoms. The van der Waals surface area contributed by atoms with Crippen LogP contribution in [0.3, 0.4) is 0 Å². The molecule has 0 fully saturated rings. The smallest absolute Gasteiger partial charge is 0.338 e. The van der Waals surface area contributed by atoms with E-state index in [4.69, 9.17) is 10.2 Å². The molecular formula is C9H7NO3S. The van der Waals surface area contributed by atoms with Crippen LogP contribution in [0.25, 0.3) is 10.2 Å². The average Bonchev–Trinajstić information content (AvgIpc) is 2.59. The van der Waals surface area contributed by atoms with Crippen LogP contribution in [-0.2, 0) is 6.61 Å². The second-order valence-electron chi connectivity index (χ2n) is 2.80. The van der Waals surface area contributed by atoms with E-state index >= 15 is 0 Å². The standard InChI is InChI=1S/C9H7NO3S/c11-3-5-1-7-8(10-2-5)6(4-14-7)9(12)13/h1-2,4,11H,3H2,(H,12,13). The number of carboxylic acid groups (broad SMARTS) is 1. The van der Waals surface area contributed by atoms with Gasteiger partial charge in [-0.05, 0) is 11.6 Å². The van der Waals surface area contributed by atoms with Crippen molar-refractivity contribution in [3.8, 4) is 0 Å². The molecule has 2 aromatic heterocycles. The van der Waals surface area contributed by atoms with E-state index in [0.29, 0.717) is 11.1 Å². The van der Waals surface area contributed by atoms with Crippen molar-refractivity contribution >= 4 is 27.5 Å². The summed E-state index contributed by atoms with van der Waals surface area (Å²) in [5, 5.41) is 19.2. The minimum absolute atomic E-state index is 0.0801. The molecule has 0 unspecified atom stereocenters. The molecule has 0 saturated carbocycles. The van der Waals surface area contributed by atoms with Gasteiger partial charge in [0.15, 0.2) is 0 Å². The monoisotopic (exact) mass is 209 g/mol. The Morgan fingerprint density at radius 3 is 3.00 bits per heavy atom. The Morgan fingerprint density at radius 2 is 2.36 bits per heavy atom. The van der Waals surface area contributed by atoms with E-state index in [1.54, 1.807) is 11.4 Å². The Bertz CT molecular complexity index is 492. The number of aliphatic hydroxyl groups is 1. The topological polar surface area (TPSA) is 70.4 Å². The number of fused-ring (bicyclic) bond motifs is 1. The molecule has 2 rings (SSSR count). The number of hydrogen-bond acceptors (Lipinski definition) is 4. The fourth-order valence-electron chi connectivity index (χ4n) is 1.19. The number of hydrogen-bond donors (Lipinski definition) is 2. The van der Waals surface area contributed by atoms with Gasteiger partial charge >= 0.3 is 5.97 Å². The maximum absolute atomic E-state index is 10.7. The molecular weight excluding hydrogens is 202 g/mol. The van der Waals surface area contributed by atoms with Gasteiger partial charge in [0, 0.05) is 11.6 Å². The molecule has 5 heteroatoms. The lowest BCUT2D eigenvalue weighted by Gasteiger charge is -1.95. The number of aromatic nitrogens is 1. The molecule has 2 aromatic rings. The summed E-state index contributed by atoms with van der Waals surface area (Å²) in [7, 11) is 0. The van der Waals surface area contributed by atoms with Crippen molar-refractivity contribution in [2.45, 2.75) is 6.61 Å². The van der Waals surface area contributed by atoms with Gasteiger partial charge < -0.3 is 10.2 Å². The number of thiophene rings is 1. The predicted molar refractivity (Wildman–Crippen MR) is 52.5 cm³/mol. The van der Waals surface area contributed by atoms with Gasteiger partial charge in [-0.2, -0.15) is 0 Å². The summed E-state index contributed by atoms with van der Waals surface area (Å²) in [4.78, 5) is 14.8. The zero-order valence-electron chi connectivity index (χ0n) is 7.10. The summed E-state index contributed by atoms with van der Waals surface area (Å²) in [6, 6.07) is 1.75. The second kappa shape index (κ2) is 3.36. The van der Waals surface area contributed by atoms with Crippen molar-refractivity contribution in [2.24, 2.45) is 0 Å². The quantitative estimate of drug-likeness (QED) is 0.786. The maximum atomic E-state index is 10.7. The van der Waals surface area contributed by atoms with E-state index in [-0.39, 0.29) is 12.2 Å². The number of aliphatic hydroxyl groups excluding tert-OH is 1. The van der Waals surface area contributed by atoms with Crippen LogP contribution in [0.15, 0.2) is 17.6 Å². The van der Waals surface area contributed by atoms with Crippen LogP contribution >= 0.6 is 11.3 Å². The number of carbonyl (C=O) groups is 1. The Kier molecular flexibility index (Phi) is 2.18. The fourth-order valence-corrected chi connectivity index (χ4v) is 2.14. The summed E-state index contributed by atoms with van der Waals surface area (Å²) in [6.07, 6.45) is 1.49. The van der Waals surface area contributed by atoms with E-state index in [0.717, 1.165) is 4.70 Å². The van der Waals surface area contributed by atoms with Gasteiger partial charge in [0.1, 0.15) is 0 Å². The van der Waals surface area contributed by atoms with Gasteiger partial charge in [0.05, 0.1) is 22.4 Å². The average molecular weight is 209 g/mol. The van der Waals surface area contributed by atoms with Crippen molar-refractivity contribution < 1.29 is 15.0 Å². The predicted octanol–water partition coefficient (Wildman–Crippen LogP) is 1.49. The van der Waals surface area contributed by atoms with Crippen molar-refractivity contribution in [2.75, 3.05) is 0 Å². The Labute approximate surface area is 83.5 Å². The second-order valence-corrected chi connectivity index (χ2v) is 3.71. The van der Waals surface area contributed by atoms with Gasteiger partial charge in [0.2, 0.25) is 0 Å². The normalized spacial score (nSPS) is 10.6. The third kappa shape index (κ3) is 1.36. The van der Waals surface area contributed by atoms with Gasteiger partial charge in [0.25, 0.3) is 0 Å². The van der Waals surface area contributed by atoms with Gasteiger partial charge in [-0.25, -0.2) is 4.79 Å². The summed E-state index contributed by atoms with van der Waals surface area (Å²) in [5.74, 6) is -0.972. The van der Waals surface area contributed by atoms with Crippen LogP contribution in [0.1, 0.15) is 15.9 Å². The fraction of sp³-hybridized carbons (Fsp3) is 0.111. The Hall–Kier alpha value is -1.46. The number of rotatable bonds is 2. The molecule has 0 aliphatic heterocycles. The molecule has 0 aliphatic carbocycles. The van der Waals surface area contributed by atoms with Crippen LogP contribution < -0.4 is 0 Å². The first-order valence-electron chi connectivity index (χ1n) is 3.92. The third-order valence-electron chi connectivity index (χ3n) is 1.88. The molecule has 0 atom stereocenters. The molecule has 0 bridgehead atoms. The molecule has 2 N–H and O–H groups in total. The van der Waals surface area contributed by atoms with Gasteiger partial charge in [-0.3, -0.25) is 4.98 Å². The molecule has 0 spiro atoms. The van der Waals surface area contributed by atoms with Crippen molar-refractivity contribution in [3.63, 3.8) is 0 Å². The van der Waals surface area contributed by atoms with Crippen LogP contribution in [0.2, 0.25) is 0 Å². The first kappa shape index (κ1) is 9.11. The summed E-state index contributed by atoms with van der Waals surface area (Å²) >= 11 is 1.32. The number of pyridine rings is 1. The Morgan fingerprint density at radius 1 is 1.57 bits per heavy atom. The number of aromatic carboxylic acids is 1. The molecule has 0 radical (unpaired) electrons. The summed E-state index contributed by atoms with van der Waals surface area (Å²) < 4.78 is 0.786. The van der Waals surface area contributed by atoms with Crippen LogP contribution in [0, 0.1) is 0 Å². The van der Waals surface area contributed by atoms with Crippen LogP contribution in [0.5, 0.6) is 0 Å². The van der Waals surface area contributed by atoms with E-state index < -0.39 is 5.97 Å². The SMILES string of the molecule is O=C(O)c1csc2cc(CO)cnc12. The minimum atomic E-state index is -0.972. The largest absolute Gasteiger partial charge is 0.478 e. The van der Waals surface area contributed by atoms with Crippen LogP contribution in [0.4, 0.5) is 0 Å². The number of nitrogens with zero attached hydrogens (tertiary/aromatic N) is 1. The highest BCUT2D eigenvalue weighted by atomic mass is 32.1. The van der Waals surface area contributed by atoms with Crippen molar-refractivity contribution in [3.05, 3.63) is 28.8 Å². The van der Waals surface area contributed by atoms with Crippen molar-refractivity contribution in [1.82, 2.24) is 4.98 Å². The molecule has 4 nitrogen and oxygen atoms in total. The zero-order chi connectivity index (χ0) is 10.1.